The first-order valence-corrected chi connectivity index (χ1v) is 7.11. The van der Waals surface area contributed by atoms with Gasteiger partial charge >= 0.3 is 0 Å². The van der Waals surface area contributed by atoms with Gasteiger partial charge < -0.3 is 14.8 Å². The van der Waals surface area contributed by atoms with Crippen LogP contribution in [0.15, 0.2) is 24.3 Å². The lowest BCUT2D eigenvalue weighted by Crippen LogP contribution is -2.23. The van der Waals surface area contributed by atoms with Crippen LogP contribution in [0.25, 0.3) is 0 Å². The lowest BCUT2D eigenvalue weighted by atomic mass is 10.00. The first-order chi connectivity index (χ1) is 9.21. The van der Waals surface area contributed by atoms with Crippen LogP contribution in [0.3, 0.4) is 0 Å². The Morgan fingerprint density at radius 2 is 2.00 bits per heavy atom. The van der Waals surface area contributed by atoms with Crippen LogP contribution in [0.2, 0.25) is 0 Å². The lowest BCUT2D eigenvalue weighted by Gasteiger charge is -2.21. The number of nitrogens with one attached hydrogen (secondary N) is 1. The predicted octanol–water partition coefficient (Wildman–Crippen LogP) is 3.55. The minimum Gasteiger partial charge on any atom is -0.497 e. The van der Waals surface area contributed by atoms with Crippen LogP contribution in [0.1, 0.15) is 44.7 Å². The molecule has 0 aliphatic heterocycles. The first-order valence-electron chi connectivity index (χ1n) is 7.11. The molecule has 0 saturated heterocycles. The maximum Gasteiger partial charge on any atom is 0.119 e. The van der Waals surface area contributed by atoms with Crippen molar-refractivity contribution in [2.45, 2.75) is 45.3 Å². The van der Waals surface area contributed by atoms with Gasteiger partial charge in [-0.25, -0.2) is 0 Å². The molecule has 0 spiro atoms. The van der Waals surface area contributed by atoms with Gasteiger partial charge in [0.05, 0.1) is 13.2 Å². The van der Waals surface area contributed by atoms with E-state index in [1.807, 2.05) is 6.07 Å². The Balaban J connectivity index is 2.70. The summed E-state index contributed by atoms with van der Waals surface area (Å²) in [6.07, 6.45) is 3.56. The monoisotopic (exact) mass is 265 g/mol. The van der Waals surface area contributed by atoms with Gasteiger partial charge in [0.15, 0.2) is 0 Å². The fourth-order valence-electron chi connectivity index (χ4n) is 2.08. The van der Waals surface area contributed by atoms with Gasteiger partial charge in [0.1, 0.15) is 5.75 Å². The van der Waals surface area contributed by atoms with Crippen molar-refractivity contribution in [3.05, 3.63) is 29.8 Å². The van der Waals surface area contributed by atoms with E-state index in [-0.39, 0.29) is 0 Å². The zero-order chi connectivity index (χ0) is 14.1. The Bertz CT molecular complexity index is 354. The van der Waals surface area contributed by atoms with Crippen LogP contribution >= 0.6 is 0 Å². The van der Waals surface area contributed by atoms with Crippen LogP contribution < -0.4 is 10.1 Å². The largest absolute Gasteiger partial charge is 0.497 e. The van der Waals surface area contributed by atoms with Gasteiger partial charge in [0, 0.05) is 13.2 Å². The van der Waals surface area contributed by atoms with Gasteiger partial charge in [-0.3, -0.25) is 0 Å². The zero-order valence-electron chi connectivity index (χ0n) is 12.6. The van der Waals surface area contributed by atoms with E-state index in [1.54, 1.807) is 14.2 Å². The molecule has 0 aliphatic carbocycles. The molecule has 0 fully saturated rings. The minimum absolute atomic E-state index is 0.302. The second-order valence-electron chi connectivity index (χ2n) is 4.91. The molecule has 0 heterocycles. The van der Waals surface area contributed by atoms with Gasteiger partial charge in [-0.2, -0.15) is 0 Å². The standard InChI is InChI=1S/C16H27NO2/c1-5-11-17-16(10-9-13(2)18-3)14-7-6-8-15(12-14)19-4/h6-8,12-13,16-17H,5,9-11H2,1-4H3. The Labute approximate surface area is 117 Å². The molecule has 19 heavy (non-hydrogen) atoms. The molecule has 0 aliphatic rings. The molecule has 0 aromatic heterocycles. The van der Waals surface area contributed by atoms with E-state index >= 15 is 0 Å². The second-order valence-corrected chi connectivity index (χ2v) is 4.91. The highest BCUT2D eigenvalue weighted by molar-refractivity contribution is 5.30. The van der Waals surface area contributed by atoms with Crippen LogP contribution in [0, 0.1) is 0 Å². The number of hydrogen-bond donors (Lipinski definition) is 1. The SMILES string of the molecule is CCCNC(CCC(C)OC)c1cccc(OC)c1. The molecule has 3 heteroatoms. The summed E-state index contributed by atoms with van der Waals surface area (Å²) >= 11 is 0. The number of ether oxygens (including phenoxy) is 2. The quantitative estimate of drug-likeness (QED) is 0.740. The number of rotatable bonds is 9. The van der Waals surface area contributed by atoms with Gasteiger partial charge in [0.2, 0.25) is 0 Å². The molecule has 1 aromatic carbocycles. The van der Waals surface area contributed by atoms with Crippen molar-refractivity contribution in [3.8, 4) is 5.75 Å². The van der Waals surface area contributed by atoms with E-state index in [0.717, 1.165) is 31.6 Å². The summed E-state index contributed by atoms with van der Waals surface area (Å²) < 4.78 is 10.6. The summed E-state index contributed by atoms with van der Waals surface area (Å²) in [5, 5.41) is 3.61. The Kier molecular flexibility index (Phi) is 7.53. The maximum absolute atomic E-state index is 5.33. The maximum atomic E-state index is 5.33. The molecule has 0 amide bonds. The highest BCUT2D eigenvalue weighted by atomic mass is 16.5. The average Bonchev–Trinajstić information content (AvgIpc) is 2.47. The third-order valence-corrected chi connectivity index (χ3v) is 3.40. The highest BCUT2D eigenvalue weighted by Crippen LogP contribution is 2.23. The fraction of sp³-hybridized carbons (Fsp3) is 0.625. The van der Waals surface area contributed by atoms with Crippen molar-refractivity contribution in [2.75, 3.05) is 20.8 Å². The molecule has 108 valence electrons. The van der Waals surface area contributed by atoms with Gasteiger partial charge in [0.25, 0.3) is 0 Å². The molecule has 0 saturated carbocycles. The summed E-state index contributed by atoms with van der Waals surface area (Å²) in [5.74, 6) is 0.917. The van der Waals surface area contributed by atoms with Crippen molar-refractivity contribution in [1.29, 1.82) is 0 Å². The van der Waals surface area contributed by atoms with Gasteiger partial charge in [-0.1, -0.05) is 19.1 Å². The van der Waals surface area contributed by atoms with E-state index in [1.165, 1.54) is 5.56 Å². The predicted molar refractivity (Wildman–Crippen MR) is 79.7 cm³/mol. The van der Waals surface area contributed by atoms with Crippen molar-refractivity contribution in [2.24, 2.45) is 0 Å². The highest BCUT2D eigenvalue weighted by Gasteiger charge is 2.13. The number of methoxy groups -OCH3 is 2. The second kappa shape index (κ2) is 8.94. The van der Waals surface area contributed by atoms with Crippen molar-refractivity contribution >= 4 is 0 Å². The summed E-state index contributed by atoms with van der Waals surface area (Å²) in [6.45, 7) is 5.33. The third-order valence-electron chi connectivity index (χ3n) is 3.40. The third kappa shape index (κ3) is 5.62. The average molecular weight is 265 g/mol. The Morgan fingerprint density at radius 3 is 2.63 bits per heavy atom. The zero-order valence-corrected chi connectivity index (χ0v) is 12.6. The summed E-state index contributed by atoms with van der Waals surface area (Å²) in [5.41, 5.74) is 1.29. The van der Waals surface area contributed by atoms with Crippen LogP contribution in [0.5, 0.6) is 5.75 Å². The van der Waals surface area contributed by atoms with Gasteiger partial charge in [-0.15, -0.1) is 0 Å². The van der Waals surface area contributed by atoms with Crippen LogP contribution in [-0.2, 0) is 4.74 Å². The molecule has 1 N–H and O–H groups in total. The smallest absolute Gasteiger partial charge is 0.119 e. The fourth-order valence-corrected chi connectivity index (χ4v) is 2.08. The van der Waals surface area contributed by atoms with Crippen molar-refractivity contribution < 1.29 is 9.47 Å². The molecule has 3 nitrogen and oxygen atoms in total. The Morgan fingerprint density at radius 1 is 1.21 bits per heavy atom. The molecule has 1 rings (SSSR count). The van der Waals surface area contributed by atoms with E-state index in [9.17, 15) is 0 Å². The van der Waals surface area contributed by atoms with E-state index < -0.39 is 0 Å². The van der Waals surface area contributed by atoms with E-state index in [4.69, 9.17) is 9.47 Å². The molecule has 2 atom stereocenters. The van der Waals surface area contributed by atoms with Crippen LogP contribution in [-0.4, -0.2) is 26.9 Å². The van der Waals surface area contributed by atoms with Crippen LogP contribution in [0.4, 0.5) is 0 Å². The summed E-state index contributed by atoms with van der Waals surface area (Å²) in [4.78, 5) is 0. The summed E-state index contributed by atoms with van der Waals surface area (Å²) in [7, 11) is 3.48. The van der Waals surface area contributed by atoms with E-state index in [0.29, 0.717) is 12.1 Å². The Hall–Kier alpha value is -1.06. The molecule has 0 bridgehead atoms. The van der Waals surface area contributed by atoms with E-state index in [2.05, 4.69) is 37.4 Å². The number of hydrogen-bond acceptors (Lipinski definition) is 3. The summed E-state index contributed by atoms with van der Waals surface area (Å²) in [6, 6.07) is 8.68. The molecule has 1 aromatic rings. The normalized spacial score (nSPS) is 14.1. The molecule has 0 radical (unpaired) electrons. The molecular formula is C16H27NO2. The van der Waals surface area contributed by atoms with Crippen molar-refractivity contribution in [1.82, 2.24) is 5.32 Å². The van der Waals surface area contributed by atoms with Crippen molar-refractivity contribution in [3.63, 3.8) is 0 Å². The number of benzene rings is 1. The topological polar surface area (TPSA) is 30.5 Å². The minimum atomic E-state index is 0.302. The first kappa shape index (κ1) is 16.0. The molecular weight excluding hydrogens is 238 g/mol. The lowest BCUT2D eigenvalue weighted by molar-refractivity contribution is 0.106. The van der Waals surface area contributed by atoms with Gasteiger partial charge in [-0.05, 0) is 50.4 Å². The molecule has 2 unspecified atom stereocenters.